The molecule has 0 saturated carbocycles. The summed E-state index contributed by atoms with van der Waals surface area (Å²) in [6, 6.07) is 5.68. The number of benzene rings is 1. The smallest absolute Gasteiger partial charge is 0.349 e. The van der Waals surface area contributed by atoms with E-state index in [1.165, 1.54) is 18.4 Å². The number of carbonyl (C=O) groups is 1. The Balaban J connectivity index is 1.73. The van der Waals surface area contributed by atoms with Gasteiger partial charge in [0, 0.05) is 34.1 Å². The summed E-state index contributed by atoms with van der Waals surface area (Å²) in [5.41, 5.74) is 2.90. The first kappa shape index (κ1) is 20.6. The van der Waals surface area contributed by atoms with E-state index in [1.54, 1.807) is 0 Å². The molecule has 3 rings (SSSR count). The zero-order chi connectivity index (χ0) is 20.4. The molecule has 1 atom stereocenters. The van der Waals surface area contributed by atoms with Crippen molar-refractivity contribution >= 4 is 62.0 Å². The molecule has 0 bridgehead atoms. The predicted octanol–water partition coefficient (Wildman–Crippen LogP) is 4.91. The zero-order valence-corrected chi connectivity index (χ0v) is 18.4. The molecule has 6 nitrogen and oxygen atoms in total. The minimum atomic E-state index is -0.435. The van der Waals surface area contributed by atoms with E-state index in [9.17, 15) is 4.79 Å². The molecule has 1 aromatic carbocycles. The molecule has 0 amide bonds. The normalized spacial score (nSPS) is 12.0. The largest absolute Gasteiger partial charge is 0.465 e. The van der Waals surface area contributed by atoms with Gasteiger partial charge in [0.25, 0.3) is 0 Å². The van der Waals surface area contributed by atoms with Gasteiger partial charge in [-0.1, -0.05) is 11.6 Å². The van der Waals surface area contributed by atoms with Gasteiger partial charge in [0.1, 0.15) is 4.88 Å². The van der Waals surface area contributed by atoms with Gasteiger partial charge in [0.05, 0.1) is 23.9 Å². The number of thiophene rings is 1. The average Bonchev–Trinajstić information content (AvgIpc) is 3.20. The summed E-state index contributed by atoms with van der Waals surface area (Å²) < 4.78 is 7.57. The third-order valence-electron chi connectivity index (χ3n) is 4.38. The first-order valence-corrected chi connectivity index (χ1v) is 10.4. The van der Waals surface area contributed by atoms with Crippen LogP contribution < -0.4 is 10.6 Å². The van der Waals surface area contributed by atoms with Gasteiger partial charge >= 0.3 is 5.97 Å². The fourth-order valence-electron chi connectivity index (χ4n) is 2.93. The molecule has 0 spiro atoms. The van der Waals surface area contributed by atoms with Crippen molar-refractivity contribution in [1.82, 2.24) is 15.1 Å². The maximum atomic E-state index is 11.8. The van der Waals surface area contributed by atoms with Crippen LogP contribution in [0.5, 0.6) is 0 Å². The van der Waals surface area contributed by atoms with E-state index in [-0.39, 0.29) is 6.04 Å². The number of aromatic nitrogens is 2. The lowest BCUT2D eigenvalue weighted by Crippen LogP contribution is -2.31. The third kappa shape index (κ3) is 4.14. The number of esters is 1. The summed E-state index contributed by atoms with van der Waals surface area (Å²) in [5.74, 6) is -0.435. The fourth-order valence-corrected chi connectivity index (χ4v) is 4.69. The highest BCUT2D eigenvalue weighted by Crippen LogP contribution is 2.37. The molecule has 0 aliphatic heterocycles. The quantitative estimate of drug-likeness (QED) is 0.437. The van der Waals surface area contributed by atoms with Crippen LogP contribution >= 0.6 is 35.2 Å². The zero-order valence-electron chi connectivity index (χ0n) is 16.0. The van der Waals surface area contributed by atoms with Gasteiger partial charge in [-0.05, 0) is 51.2 Å². The minimum Gasteiger partial charge on any atom is -0.465 e. The highest BCUT2D eigenvalue weighted by atomic mass is 35.5. The lowest BCUT2D eigenvalue weighted by atomic mass is 10.1. The Bertz CT molecular complexity index is 1040. The van der Waals surface area contributed by atoms with E-state index in [2.05, 4.69) is 22.7 Å². The Kier molecular flexibility index (Phi) is 6.22. The van der Waals surface area contributed by atoms with Crippen molar-refractivity contribution in [2.24, 2.45) is 0 Å². The number of nitrogens with zero attached hydrogens (tertiary/aromatic N) is 2. The highest BCUT2D eigenvalue weighted by molar-refractivity contribution is 7.80. The summed E-state index contributed by atoms with van der Waals surface area (Å²) in [5, 5.41) is 12.7. The summed E-state index contributed by atoms with van der Waals surface area (Å²) in [7, 11) is 1.34. The highest BCUT2D eigenvalue weighted by Gasteiger charge is 2.18. The summed E-state index contributed by atoms with van der Waals surface area (Å²) in [6.07, 6.45) is 2.03. The maximum absolute atomic E-state index is 11.8. The van der Waals surface area contributed by atoms with Crippen LogP contribution in [0.1, 0.15) is 40.8 Å². The van der Waals surface area contributed by atoms with Crippen molar-refractivity contribution in [3.8, 4) is 0 Å². The number of ether oxygens (including phenoxy) is 1. The number of thiocarbonyl (C=S) groups is 1. The molecule has 9 heteroatoms. The van der Waals surface area contributed by atoms with E-state index >= 15 is 0 Å². The van der Waals surface area contributed by atoms with Gasteiger partial charge in [-0.3, -0.25) is 4.68 Å². The molecule has 2 aromatic heterocycles. The molecule has 0 aliphatic rings. The molecule has 148 valence electrons. The number of rotatable bonds is 5. The van der Waals surface area contributed by atoms with E-state index in [1.807, 2.05) is 42.9 Å². The van der Waals surface area contributed by atoms with E-state index in [0.29, 0.717) is 15.0 Å². The number of nitrogens with one attached hydrogen (secondary N) is 2. The number of hydrogen-bond donors (Lipinski definition) is 2. The van der Waals surface area contributed by atoms with E-state index in [4.69, 9.17) is 28.6 Å². The number of fused-ring (bicyclic) bond motifs is 1. The lowest BCUT2D eigenvalue weighted by Gasteiger charge is -2.16. The second kappa shape index (κ2) is 8.46. The predicted molar refractivity (Wildman–Crippen MR) is 119 cm³/mol. The van der Waals surface area contributed by atoms with Crippen molar-refractivity contribution in [3.63, 3.8) is 0 Å². The second-order valence-corrected chi connectivity index (χ2v) is 8.13. The first-order chi connectivity index (χ1) is 13.3. The van der Waals surface area contributed by atoms with Gasteiger partial charge < -0.3 is 15.4 Å². The van der Waals surface area contributed by atoms with Crippen molar-refractivity contribution in [2.45, 2.75) is 33.4 Å². The molecule has 28 heavy (non-hydrogen) atoms. The number of halogens is 1. The van der Waals surface area contributed by atoms with Crippen LogP contribution in [0.15, 0.2) is 24.4 Å². The third-order valence-corrected chi connectivity index (χ3v) is 6.24. The molecule has 2 heterocycles. The van der Waals surface area contributed by atoms with Gasteiger partial charge in [0.2, 0.25) is 0 Å². The maximum Gasteiger partial charge on any atom is 0.349 e. The molecule has 3 aromatic rings. The number of anilines is 1. The van der Waals surface area contributed by atoms with Gasteiger partial charge in [-0.25, -0.2) is 4.79 Å². The molecule has 2 N–H and O–H groups in total. The van der Waals surface area contributed by atoms with Crippen molar-refractivity contribution in [1.29, 1.82) is 0 Å². The fraction of sp³-hybridized carbons (Fsp3) is 0.316. The molecular weight excluding hydrogens is 416 g/mol. The van der Waals surface area contributed by atoms with Crippen molar-refractivity contribution < 1.29 is 9.53 Å². The van der Waals surface area contributed by atoms with Gasteiger partial charge in [-0.15, -0.1) is 11.3 Å². The van der Waals surface area contributed by atoms with Crippen molar-refractivity contribution in [3.05, 3.63) is 45.6 Å². The van der Waals surface area contributed by atoms with Gasteiger partial charge in [-0.2, -0.15) is 5.10 Å². The van der Waals surface area contributed by atoms with Crippen LogP contribution in [0.3, 0.4) is 0 Å². The SMILES string of the molecule is CCn1cc(C(C)NC(=S)Nc2ccc3c(Cl)c(C(=O)OC)sc3c2)c(C)n1. The van der Waals surface area contributed by atoms with Crippen LogP contribution in [-0.2, 0) is 11.3 Å². The van der Waals surface area contributed by atoms with Crippen molar-refractivity contribution in [2.75, 3.05) is 12.4 Å². The molecule has 0 aliphatic carbocycles. The Morgan fingerprint density at radius 3 is 2.86 bits per heavy atom. The molecular formula is C19H21ClN4O2S2. The molecule has 0 radical (unpaired) electrons. The van der Waals surface area contributed by atoms with E-state index < -0.39 is 5.97 Å². The number of aryl methyl sites for hydroxylation is 2. The number of hydrogen-bond acceptors (Lipinski definition) is 5. The average molecular weight is 437 g/mol. The summed E-state index contributed by atoms with van der Waals surface area (Å²) in [6.45, 7) is 6.92. The molecule has 0 fully saturated rings. The summed E-state index contributed by atoms with van der Waals surface area (Å²) >= 11 is 13.1. The standard InChI is InChI=1S/C19H21ClN4O2S2/c1-5-24-9-14(11(3)23-24)10(2)21-19(27)22-12-6-7-13-15(8-12)28-17(16(13)20)18(25)26-4/h6-10H,5H2,1-4H3,(H2,21,22,27). The Morgan fingerprint density at radius 1 is 1.46 bits per heavy atom. The minimum absolute atomic E-state index is 0.0196. The lowest BCUT2D eigenvalue weighted by molar-refractivity contribution is 0.0606. The monoisotopic (exact) mass is 436 g/mol. The van der Waals surface area contributed by atoms with Crippen LogP contribution in [0.4, 0.5) is 5.69 Å². The van der Waals surface area contributed by atoms with Crippen LogP contribution in [0, 0.1) is 6.92 Å². The van der Waals surface area contributed by atoms with Gasteiger partial charge in [0.15, 0.2) is 5.11 Å². The van der Waals surface area contributed by atoms with Crippen LogP contribution in [0.2, 0.25) is 5.02 Å². The Morgan fingerprint density at radius 2 is 2.21 bits per heavy atom. The Labute approximate surface area is 177 Å². The summed E-state index contributed by atoms with van der Waals surface area (Å²) in [4.78, 5) is 12.2. The topological polar surface area (TPSA) is 68.2 Å². The number of carbonyl (C=O) groups excluding carboxylic acids is 1. The van der Waals surface area contributed by atoms with E-state index in [0.717, 1.165) is 33.6 Å². The molecule has 1 unspecified atom stereocenters. The second-order valence-electron chi connectivity index (χ2n) is 6.29. The first-order valence-electron chi connectivity index (χ1n) is 8.75. The Hall–Kier alpha value is -2.16. The molecule has 0 saturated heterocycles. The number of methoxy groups -OCH3 is 1. The van der Waals surface area contributed by atoms with Crippen LogP contribution in [-0.4, -0.2) is 28.0 Å². The van der Waals surface area contributed by atoms with Crippen LogP contribution in [0.25, 0.3) is 10.1 Å².